The molecule has 0 unspecified atom stereocenters. The first-order chi connectivity index (χ1) is 9.65. The van der Waals surface area contributed by atoms with Gasteiger partial charge in [0.05, 0.1) is 5.69 Å². The van der Waals surface area contributed by atoms with E-state index < -0.39 is 0 Å². The highest BCUT2D eigenvalue weighted by Gasteiger charge is 2.14. The number of rotatable bonds is 2. The Morgan fingerprint density at radius 3 is 2.70 bits per heavy atom. The third kappa shape index (κ3) is 2.07. The Morgan fingerprint density at radius 1 is 1.20 bits per heavy atom. The molecule has 0 aliphatic heterocycles. The van der Waals surface area contributed by atoms with Gasteiger partial charge < -0.3 is 11.1 Å². The number of halogens is 1. The van der Waals surface area contributed by atoms with Gasteiger partial charge in [-0.1, -0.05) is 12.1 Å². The summed E-state index contributed by atoms with van der Waals surface area (Å²) in [6.07, 6.45) is 0. The van der Waals surface area contributed by atoms with Crippen LogP contribution in [0.25, 0.3) is 10.9 Å². The largest absolute Gasteiger partial charge is 0.397 e. The summed E-state index contributed by atoms with van der Waals surface area (Å²) in [5.41, 5.74) is 7.65. The van der Waals surface area contributed by atoms with Crippen LogP contribution in [-0.2, 0) is 0 Å². The van der Waals surface area contributed by atoms with Crippen LogP contribution in [0, 0.1) is 5.82 Å². The highest BCUT2D eigenvalue weighted by molar-refractivity contribution is 6.12. The fourth-order valence-corrected chi connectivity index (χ4v) is 1.96. The lowest BCUT2D eigenvalue weighted by Gasteiger charge is -2.03. The van der Waals surface area contributed by atoms with Crippen molar-refractivity contribution >= 4 is 28.2 Å². The lowest BCUT2D eigenvalue weighted by molar-refractivity contribution is 0.102. The first-order valence-corrected chi connectivity index (χ1v) is 5.94. The van der Waals surface area contributed by atoms with Gasteiger partial charge in [-0.3, -0.25) is 9.89 Å². The van der Waals surface area contributed by atoms with Gasteiger partial charge in [0.15, 0.2) is 0 Å². The molecule has 1 heterocycles. The van der Waals surface area contributed by atoms with Crippen molar-refractivity contribution in [1.82, 2.24) is 10.2 Å². The normalized spacial score (nSPS) is 10.7. The summed E-state index contributed by atoms with van der Waals surface area (Å²) in [5, 5.41) is 10.0. The van der Waals surface area contributed by atoms with E-state index in [9.17, 15) is 9.18 Å². The van der Waals surface area contributed by atoms with Gasteiger partial charge in [0.25, 0.3) is 5.91 Å². The molecular weight excluding hydrogens is 259 g/mol. The molecule has 0 bridgehead atoms. The van der Waals surface area contributed by atoms with Crippen LogP contribution in [0.3, 0.4) is 0 Å². The molecule has 0 saturated carbocycles. The van der Waals surface area contributed by atoms with Gasteiger partial charge >= 0.3 is 0 Å². The van der Waals surface area contributed by atoms with Crippen LogP contribution < -0.4 is 11.1 Å². The van der Waals surface area contributed by atoms with Gasteiger partial charge in [-0.05, 0) is 30.3 Å². The number of para-hydroxylation sites is 1. The Morgan fingerprint density at radius 2 is 1.95 bits per heavy atom. The molecule has 100 valence electrons. The van der Waals surface area contributed by atoms with E-state index in [-0.39, 0.29) is 11.7 Å². The standard InChI is InChI=1S/C14H11FN4O/c15-8-4-6-9(7-5-8)17-14(20)13-10-2-1-3-11(16)12(10)18-19-13/h1-7H,16H2,(H,17,20)(H,18,19). The second kappa shape index (κ2) is 4.65. The first kappa shape index (κ1) is 12.2. The number of nitrogens with one attached hydrogen (secondary N) is 2. The number of benzene rings is 2. The van der Waals surface area contributed by atoms with Gasteiger partial charge in [0.2, 0.25) is 0 Å². The Hall–Kier alpha value is -2.89. The molecule has 5 nitrogen and oxygen atoms in total. The lowest BCUT2D eigenvalue weighted by Crippen LogP contribution is -2.12. The quantitative estimate of drug-likeness (QED) is 0.626. The van der Waals surface area contributed by atoms with Crippen LogP contribution in [0.2, 0.25) is 0 Å². The van der Waals surface area contributed by atoms with Crippen LogP contribution in [0.1, 0.15) is 10.5 Å². The predicted molar refractivity (Wildman–Crippen MR) is 74.9 cm³/mol. The van der Waals surface area contributed by atoms with E-state index in [1.165, 1.54) is 24.3 Å². The SMILES string of the molecule is Nc1cccc2c(C(=O)Nc3ccc(F)cc3)[nH]nc12. The average Bonchev–Trinajstić information content (AvgIpc) is 2.87. The lowest BCUT2D eigenvalue weighted by atomic mass is 10.2. The zero-order chi connectivity index (χ0) is 14.1. The van der Waals surface area contributed by atoms with E-state index in [0.29, 0.717) is 28.0 Å². The minimum Gasteiger partial charge on any atom is -0.397 e. The van der Waals surface area contributed by atoms with Gasteiger partial charge in [0, 0.05) is 11.1 Å². The third-order valence-corrected chi connectivity index (χ3v) is 2.95. The molecule has 20 heavy (non-hydrogen) atoms. The van der Waals surface area contributed by atoms with Crippen molar-refractivity contribution in [1.29, 1.82) is 0 Å². The van der Waals surface area contributed by atoms with Gasteiger partial charge in [-0.2, -0.15) is 5.10 Å². The Labute approximate surface area is 113 Å². The Kier molecular flexibility index (Phi) is 2.83. The number of nitrogens with zero attached hydrogens (tertiary/aromatic N) is 1. The van der Waals surface area contributed by atoms with Crippen LogP contribution in [0.5, 0.6) is 0 Å². The number of nitrogen functional groups attached to an aromatic ring is 1. The number of nitrogens with two attached hydrogens (primary N) is 1. The smallest absolute Gasteiger partial charge is 0.274 e. The molecule has 6 heteroatoms. The number of carbonyl (C=O) groups excluding carboxylic acids is 1. The van der Waals surface area contributed by atoms with Crippen molar-refractivity contribution in [3.63, 3.8) is 0 Å². The average molecular weight is 270 g/mol. The van der Waals surface area contributed by atoms with E-state index in [1.807, 2.05) is 0 Å². The molecule has 3 rings (SSSR count). The molecule has 1 aromatic heterocycles. The van der Waals surface area contributed by atoms with Crippen molar-refractivity contribution in [2.24, 2.45) is 0 Å². The van der Waals surface area contributed by atoms with Crippen molar-refractivity contribution in [3.05, 3.63) is 54.0 Å². The van der Waals surface area contributed by atoms with Gasteiger partial charge in [-0.15, -0.1) is 0 Å². The minimum atomic E-state index is -0.359. The number of fused-ring (bicyclic) bond motifs is 1. The number of H-pyrrole nitrogens is 1. The maximum Gasteiger partial charge on any atom is 0.274 e. The Balaban J connectivity index is 1.93. The summed E-state index contributed by atoms with van der Waals surface area (Å²) in [5.74, 6) is -0.715. The molecule has 0 saturated heterocycles. The van der Waals surface area contributed by atoms with Crippen molar-refractivity contribution in [2.75, 3.05) is 11.1 Å². The molecular formula is C14H11FN4O. The van der Waals surface area contributed by atoms with Crippen LogP contribution in [0.4, 0.5) is 15.8 Å². The monoisotopic (exact) mass is 270 g/mol. The number of aromatic nitrogens is 2. The number of amides is 1. The van der Waals surface area contributed by atoms with E-state index in [2.05, 4.69) is 15.5 Å². The summed E-state index contributed by atoms with van der Waals surface area (Å²) in [7, 11) is 0. The number of hydrogen-bond acceptors (Lipinski definition) is 3. The van der Waals surface area contributed by atoms with E-state index in [0.717, 1.165) is 0 Å². The Bertz CT molecular complexity index is 779. The zero-order valence-corrected chi connectivity index (χ0v) is 10.4. The molecule has 0 atom stereocenters. The molecule has 0 radical (unpaired) electrons. The third-order valence-electron chi connectivity index (χ3n) is 2.95. The number of hydrogen-bond donors (Lipinski definition) is 3. The summed E-state index contributed by atoms with van der Waals surface area (Å²) < 4.78 is 12.8. The molecule has 0 spiro atoms. The maximum absolute atomic E-state index is 12.8. The molecule has 1 amide bonds. The predicted octanol–water partition coefficient (Wildman–Crippen LogP) is 2.54. The van der Waals surface area contributed by atoms with Crippen LogP contribution in [0.15, 0.2) is 42.5 Å². The highest BCUT2D eigenvalue weighted by atomic mass is 19.1. The van der Waals surface area contributed by atoms with E-state index >= 15 is 0 Å². The van der Waals surface area contributed by atoms with E-state index in [4.69, 9.17) is 5.73 Å². The fourth-order valence-electron chi connectivity index (χ4n) is 1.96. The fraction of sp³-hybridized carbons (Fsp3) is 0. The van der Waals surface area contributed by atoms with Crippen molar-refractivity contribution in [2.45, 2.75) is 0 Å². The molecule has 4 N–H and O–H groups in total. The van der Waals surface area contributed by atoms with Gasteiger partial charge in [0.1, 0.15) is 17.0 Å². The van der Waals surface area contributed by atoms with E-state index in [1.54, 1.807) is 18.2 Å². The topological polar surface area (TPSA) is 83.8 Å². The highest BCUT2D eigenvalue weighted by Crippen LogP contribution is 2.22. The number of carbonyl (C=O) groups is 1. The second-order valence-corrected chi connectivity index (χ2v) is 4.30. The van der Waals surface area contributed by atoms with Crippen molar-refractivity contribution < 1.29 is 9.18 Å². The summed E-state index contributed by atoms with van der Waals surface area (Å²) >= 11 is 0. The molecule has 3 aromatic rings. The molecule has 0 aliphatic carbocycles. The number of anilines is 2. The summed E-state index contributed by atoms with van der Waals surface area (Å²) in [4.78, 5) is 12.2. The van der Waals surface area contributed by atoms with Crippen LogP contribution in [-0.4, -0.2) is 16.1 Å². The summed E-state index contributed by atoms with van der Waals surface area (Å²) in [6.45, 7) is 0. The van der Waals surface area contributed by atoms with Crippen molar-refractivity contribution in [3.8, 4) is 0 Å². The minimum absolute atomic E-state index is 0.316. The molecule has 0 aliphatic rings. The molecule has 0 fully saturated rings. The summed E-state index contributed by atoms with van der Waals surface area (Å²) in [6, 6.07) is 10.7. The second-order valence-electron chi connectivity index (χ2n) is 4.30. The maximum atomic E-state index is 12.8. The molecule has 2 aromatic carbocycles. The number of aromatic amines is 1. The van der Waals surface area contributed by atoms with Gasteiger partial charge in [-0.25, -0.2) is 4.39 Å². The zero-order valence-electron chi connectivity index (χ0n) is 10.4. The van der Waals surface area contributed by atoms with Crippen LogP contribution >= 0.6 is 0 Å². The first-order valence-electron chi connectivity index (χ1n) is 5.94.